The molecule has 1 atom stereocenters. The highest BCUT2D eigenvalue weighted by Crippen LogP contribution is 2.50. The summed E-state index contributed by atoms with van der Waals surface area (Å²) in [6.07, 6.45) is 5.61. The van der Waals surface area contributed by atoms with Crippen molar-refractivity contribution in [2.75, 3.05) is 0 Å². The van der Waals surface area contributed by atoms with Crippen LogP contribution in [-0.2, 0) is 12.5 Å². The molecule has 3 rings (SSSR count). The molecule has 0 saturated heterocycles. The molecule has 4 heteroatoms. The van der Waals surface area contributed by atoms with Gasteiger partial charge in [0.1, 0.15) is 6.10 Å². The molecule has 1 aromatic carbocycles. The van der Waals surface area contributed by atoms with Crippen molar-refractivity contribution in [2.24, 2.45) is 7.05 Å². The predicted molar refractivity (Wildman–Crippen MR) is 82.5 cm³/mol. The lowest BCUT2D eigenvalue weighted by Gasteiger charge is -2.35. The van der Waals surface area contributed by atoms with Crippen LogP contribution in [0.4, 0.5) is 0 Å². The van der Waals surface area contributed by atoms with E-state index in [1.165, 1.54) is 18.4 Å². The smallest absolute Gasteiger partial charge is 0.106 e. The van der Waals surface area contributed by atoms with Crippen molar-refractivity contribution in [3.8, 4) is 0 Å². The first kappa shape index (κ1) is 13.8. The van der Waals surface area contributed by atoms with E-state index in [2.05, 4.69) is 45.3 Å². The van der Waals surface area contributed by atoms with Crippen LogP contribution in [0.25, 0.3) is 0 Å². The van der Waals surface area contributed by atoms with Gasteiger partial charge in [0.2, 0.25) is 0 Å². The van der Waals surface area contributed by atoms with Gasteiger partial charge in [0, 0.05) is 12.5 Å². The van der Waals surface area contributed by atoms with Crippen LogP contribution < -0.4 is 0 Å². The Hall–Kier alpha value is -1.13. The van der Waals surface area contributed by atoms with E-state index in [0.29, 0.717) is 0 Å². The molecular formula is C16H19BrN2O. The number of rotatable bonds is 3. The molecule has 106 valence electrons. The topological polar surface area (TPSA) is 38.0 Å². The Morgan fingerprint density at radius 3 is 2.45 bits per heavy atom. The van der Waals surface area contributed by atoms with Crippen molar-refractivity contribution >= 4 is 15.9 Å². The van der Waals surface area contributed by atoms with Crippen LogP contribution in [-0.4, -0.2) is 14.9 Å². The van der Waals surface area contributed by atoms with Gasteiger partial charge in [-0.3, -0.25) is 4.68 Å². The number of aliphatic hydroxyl groups excluding tert-OH is 1. The summed E-state index contributed by atoms with van der Waals surface area (Å²) in [4.78, 5) is 0. The minimum atomic E-state index is -0.533. The van der Waals surface area contributed by atoms with Gasteiger partial charge in [-0.05, 0) is 34.3 Å². The molecule has 1 unspecified atom stereocenters. The lowest BCUT2D eigenvalue weighted by molar-refractivity contribution is 0.0741. The summed E-state index contributed by atoms with van der Waals surface area (Å²) >= 11 is 3.52. The second kappa shape index (κ2) is 5.34. The maximum atomic E-state index is 11.1. The molecule has 20 heavy (non-hydrogen) atoms. The van der Waals surface area contributed by atoms with Gasteiger partial charge in [0.15, 0.2) is 0 Å². The molecule has 0 radical (unpaired) electrons. The highest BCUT2D eigenvalue weighted by atomic mass is 79.9. The summed E-state index contributed by atoms with van der Waals surface area (Å²) in [6, 6.07) is 10.4. The molecule has 1 saturated carbocycles. The zero-order chi connectivity index (χ0) is 14.2. The number of nitrogens with zero attached hydrogens (tertiary/aromatic N) is 2. The normalized spacial score (nSPS) is 19.1. The first-order valence-corrected chi connectivity index (χ1v) is 7.85. The minimum absolute atomic E-state index is 0.183. The Morgan fingerprint density at radius 1 is 1.25 bits per heavy atom. The third kappa shape index (κ3) is 2.11. The maximum Gasteiger partial charge on any atom is 0.106 e. The van der Waals surface area contributed by atoms with E-state index in [-0.39, 0.29) is 5.41 Å². The fourth-order valence-corrected chi connectivity index (χ4v) is 4.05. The predicted octanol–water partition coefficient (Wildman–Crippen LogP) is 3.73. The van der Waals surface area contributed by atoms with E-state index in [4.69, 9.17) is 0 Å². The van der Waals surface area contributed by atoms with Gasteiger partial charge in [-0.15, -0.1) is 0 Å². The Morgan fingerprint density at radius 2 is 1.90 bits per heavy atom. The van der Waals surface area contributed by atoms with Gasteiger partial charge < -0.3 is 5.11 Å². The van der Waals surface area contributed by atoms with E-state index in [1.807, 2.05) is 13.1 Å². The highest BCUT2D eigenvalue weighted by molar-refractivity contribution is 9.10. The summed E-state index contributed by atoms with van der Waals surface area (Å²) in [6.45, 7) is 0. The maximum absolute atomic E-state index is 11.1. The van der Waals surface area contributed by atoms with Crippen molar-refractivity contribution < 1.29 is 5.11 Å². The summed E-state index contributed by atoms with van der Waals surface area (Å²) < 4.78 is 2.66. The summed E-state index contributed by atoms with van der Waals surface area (Å²) in [5.41, 5.74) is 1.92. The molecule has 1 heterocycles. The molecule has 1 fully saturated rings. The van der Waals surface area contributed by atoms with E-state index in [9.17, 15) is 5.11 Å². The SMILES string of the molecule is Cn1ncc(Br)c1C(O)C1(c2ccccc2)CCCC1. The molecule has 1 aliphatic rings. The fraction of sp³-hybridized carbons (Fsp3) is 0.438. The Labute approximate surface area is 127 Å². The number of halogens is 1. The number of aryl methyl sites for hydroxylation is 1. The molecule has 0 amide bonds. The van der Waals surface area contributed by atoms with Crippen LogP contribution in [0.15, 0.2) is 41.0 Å². The van der Waals surface area contributed by atoms with Gasteiger partial charge in [-0.2, -0.15) is 5.10 Å². The molecule has 0 aliphatic heterocycles. The van der Waals surface area contributed by atoms with Crippen molar-refractivity contribution in [3.05, 3.63) is 52.3 Å². The Kier molecular flexibility index (Phi) is 3.69. The van der Waals surface area contributed by atoms with Crippen LogP contribution in [0, 0.1) is 0 Å². The lowest BCUT2D eigenvalue weighted by Crippen LogP contribution is -2.32. The average molecular weight is 335 g/mol. The van der Waals surface area contributed by atoms with E-state index >= 15 is 0 Å². The largest absolute Gasteiger partial charge is 0.386 e. The van der Waals surface area contributed by atoms with Gasteiger partial charge in [-0.25, -0.2) is 0 Å². The van der Waals surface area contributed by atoms with Crippen LogP contribution in [0.5, 0.6) is 0 Å². The van der Waals surface area contributed by atoms with Crippen molar-refractivity contribution in [1.82, 2.24) is 9.78 Å². The number of hydrogen-bond donors (Lipinski definition) is 1. The summed E-state index contributed by atoms with van der Waals surface area (Å²) in [5.74, 6) is 0. The standard InChI is InChI=1S/C16H19BrN2O/c1-19-14(13(17)11-18-19)15(20)16(9-5-6-10-16)12-7-3-2-4-8-12/h2-4,7-8,11,15,20H,5-6,9-10H2,1H3. The van der Waals surface area contributed by atoms with Gasteiger partial charge in [-0.1, -0.05) is 43.2 Å². The molecule has 1 aromatic heterocycles. The van der Waals surface area contributed by atoms with Crippen molar-refractivity contribution in [2.45, 2.75) is 37.2 Å². The molecule has 3 nitrogen and oxygen atoms in total. The van der Waals surface area contributed by atoms with E-state index in [1.54, 1.807) is 10.9 Å². The van der Waals surface area contributed by atoms with Crippen LogP contribution in [0.3, 0.4) is 0 Å². The van der Waals surface area contributed by atoms with Gasteiger partial charge in [0.05, 0.1) is 16.4 Å². The molecule has 0 bridgehead atoms. The molecule has 1 N–H and O–H groups in total. The zero-order valence-corrected chi connectivity index (χ0v) is 13.2. The monoisotopic (exact) mass is 334 g/mol. The van der Waals surface area contributed by atoms with E-state index in [0.717, 1.165) is 23.0 Å². The Bertz CT molecular complexity index is 568. The fourth-order valence-electron chi connectivity index (χ4n) is 3.49. The first-order valence-electron chi connectivity index (χ1n) is 7.06. The zero-order valence-electron chi connectivity index (χ0n) is 11.6. The average Bonchev–Trinajstić information content (AvgIpc) is 3.08. The number of aliphatic hydroxyl groups is 1. The number of hydrogen-bond acceptors (Lipinski definition) is 2. The third-order valence-corrected chi connectivity index (χ3v) is 5.18. The molecule has 1 aliphatic carbocycles. The van der Waals surface area contributed by atoms with Crippen LogP contribution in [0.2, 0.25) is 0 Å². The Balaban J connectivity index is 2.08. The lowest BCUT2D eigenvalue weighted by atomic mass is 9.73. The van der Waals surface area contributed by atoms with Crippen LogP contribution in [0.1, 0.15) is 43.0 Å². The quantitative estimate of drug-likeness (QED) is 0.928. The van der Waals surface area contributed by atoms with Gasteiger partial charge in [0.25, 0.3) is 0 Å². The summed E-state index contributed by atoms with van der Waals surface area (Å²) in [5, 5.41) is 15.3. The molecule has 2 aromatic rings. The third-order valence-electron chi connectivity index (χ3n) is 4.56. The van der Waals surface area contributed by atoms with Crippen molar-refractivity contribution in [1.29, 1.82) is 0 Å². The van der Waals surface area contributed by atoms with Gasteiger partial charge >= 0.3 is 0 Å². The summed E-state index contributed by atoms with van der Waals surface area (Å²) in [7, 11) is 1.89. The second-order valence-corrected chi connectivity index (χ2v) is 6.49. The molecular weight excluding hydrogens is 316 g/mol. The number of benzene rings is 1. The van der Waals surface area contributed by atoms with E-state index < -0.39 is 6.10 Å². The first-order chi connectivity index (χ1) is 9.65. The van der Waals surface area contributed by atoms with Crippen molar-refractivity contribution in [3.63, 3.8) is 0 Å². The second-order valence-electron chi connectivity index (χ2n) is 5.63. The molecule has 0 spiro atoms. The number of aromatic nitrogens is 2. The highest BCUT2D eigenvalue weighted by Gasteiger charge is 2.44. The van der Waals surface area contributed by atoms with Crippen LogP contribution >= 0.6 is 15.9 Å². The minimum Gasteiger partial charge on any atom is -0.386 e.